The minimum Gasteiger partial charge on any atom is -0.438 e. The average molecular weight is 355 g/mol. The molecule has 130 valence electrons. The molecule has 0 fully saturated rings. The van der Waals surface area contributed by atoms with Crippen LogP contribution in [0.1, 0.15) is 35.6 Å². The fourth-order valence-corrected chi connectivity index (χ4v) is 3.65. The van der Waals surface area contributed by atoms with E-state index in [9.17, 15) is 4.79 Å². The van der Waals surface area contributed by atoms with Crippen LogP contribution in [0.2, 0.25) is 0 Å². The Labute approximate surface area is 151 Å². The van der Waals surface area contributed by atoms with Gasteiger partial charge in [0, 0.05) is 18.7 Å². The molecule has 1 aromatic carbocycles. The van der Waals surface area contributed by atoms with Gasteiger partial charge in [0.25, 0.3) is 5.91 Å². The highest BCUT2D eigenvalue weighted by Gasteiger charge is 2.14. The highest BCUT2D eigenvalue weighted by molar-refractivity contribution is 7.17. The van der Waals surface area contributed by atoms with Gasteiger partial charge in [-0.25, -0.2) is 4.98 Å². The topological polar surface area (TPSA) is 55.3 Å². The van der Waals surface area contributed by atoms with E-state index in [0.717, 1.165) is 15.8 Å². The molecular formula is C19H21N3O2S. The Morgan fingerprint density at radius 3 is 2.44 bits per heavy atom. The van der Waals surface area contributed by atoms with Gasteiger partial charge in [0.2, 0.25) is 5.88 Å². The first-order valence-electron chi connectivity index (χ1n) is 8.33. The Kier molecular flexibility index (Phi) is 4.99. The molecule has 6 heteroatoms. The predicted molar refractivity (Wildman–Crippen MR) is 101 cm³/mol. The zero-order valence-corrected chi connectivity index (χ0v) is 15.7. The molecule has 1 amide bonds. The van der Waals surface area contributed by atoms with Crippen LogP contribution in [0.3, 0.4) is 0 Å². The summed E-state index contributed by atoms with van der Waals surface area (Å²) in [6.07, 6.45) is 0. The molecular weight excluding hydrogens is 334 g/mol. The molecule has 0 unspecified atom stereocenters. The van der Waals surface area contributed by atoms with E-state index in [-0.39, 0.29) is 5.91 Å². The molecule has 0 aliphatic rings. The lowest BCUT2D eigenvalue weighted by atomic mass is 10.2. The third-order valence-corrected chi connectivity index (χ3v) is 5.05. The summed E-state index contributed by atoms with van der Waals surface area (Å²) >= 11 is 1.59. The Morgan fingerprint density at radius 2 is 1.80 bits per heavy atom. The van der Waals surface area contributed by atoms with Crippen LogP contribution in [-0.2, 0) is 0 Å². The second-order valence-electron chi connectivity index (χ2n) is 5.78. The summed E-state index contributed by atoms with van der Waals surface area (Å²) in [4.78, 5) is 24.0. The number of aromatic nitrogens is 2. The van der Waals surface area contributed by atoms with Gasteiger partial charge in [-0.05, 0) is 62.9 Å². The highest BCUT2D eigenvalue weighted by atomic mass is 32.1. The maximum atomic E-state index is 12.4. The summed E-state index contributed by atoms with van der Waals surface area (Å²) in [6, 6.07) is 7.20. The molecule has 0 aliphatic carbocycles. The number of hydrogen-bond acceptors (Lipinski definition) is 5. The molecule has 25 heavy (non-hydrogen) atoms. The van der Waals surface area contributed by atoms with Crippen molar-refractivity contribution in [1.29, 1.82) is 0 Å². The number of nitrogens with zero attached hydrogens (tertiary/aromatic N) is 3. The van der Waals surface area contributed by atoms with E-state index in [1.165, 1.54) is 0 Å². The van der Waals surface area contributed by atoms with Crippen molar-refractivity contribution in [2.45, 2.75) is 27.7 Å². The van der Waals surface area contributed by atoms with Gasteiger partial charge in [0.05, 0.1) is 5.39 Å². The number of benzene rings is 1. The quantitative estimate of drug-likeness (QED) is 0.672. The van der Waals surface area contributed by atoms with Gasteiger partial charge in [-0.2, -0.15) is 4.98 Å². The first kappa shape index (κ1) is 17.4. The molecule has 2 heterocycles. The maximum Gasteiger partial charge on any atom is 0.253 e. The SMILES string of the molecule is CCN(CC)C(=O)c1ccc(Oc2nc(C)nc3scc(C)c23)cc1. The number of thiophene rings is 1. The van der Waals surface area contributed by atoms with Crippen molar-refractivity contribution in [3.05, 3.63) is 46.6 Å². The third-order valence-electron chi connectivity index (χ3n) is 4.06. The fourth-order valence-electron chi connectivity index (χ4n) is 2.69. The number of rotatable bonds is 5. The maximum absolute atomic E-state index is 12.4. The van der Waals surface area contributed by atoms with Gasteiger partial charge >= 0.3 is 0 Å². The summed E-state index contributed by atoms with van der Waals surface area (Å²) < 4.78 is 5.99. The van der Waals surface area contributed by atoms with Crippen LogP contribution in [0.25, 0.3) is 10.2 Å². The van der Waals surface area contributed by atoms with E-state index in [0.29, 0.717) is 36.1 Å². The van der Waals surface area contributed by atoms with Crippen LogP contribution in [0, 0.1) is 13.8 Å². The molecule has 0 radical (unpaired) electrons. The van der Waals surface area contributed by atoms with E-state index in [2.05, 4.69) is 15.3 Å². The molecule has 0 saturated heterocycles. The van der Waals surface area contributed by atoms with E-state index in [4.69, 9.17) is 4.74 Å². The Bertz CT molecular complexity index is 899. The van der Waals surface area contributed by atoms with Gasteiger partial charge in [0.1, 0.15) is 16.4 Å². The van der Waals surface area contributed by atoms with Gasteiger partial charge in [-0.15, -0.1) is 11.3 Å². The number of amides is 1. The van der Waals surface area contributed by atoms with Crippen LogP contribution in [0.15, 0.2) is 29.6 Å². The van der Waals surface area contributed by atoms with Crippen molar-refractivity contribution in [2.24, 2.45) is 0 Å². The Hall–Kier alpha value is -2.47. The lowest BCUT2D eigenvalue weighted by Gasteiger charge is -2.18. The van der Waals surface area contributed by atoms with Crippen LogP contribution < -0.4 is 4.74 Å². The van der Waals surface area contributed by atoms with Crippen molar-refractivity contribution in [3.8, 4) is 11.6 Å². The molecule has 0 atom stereocenters. The molecule has 3 aromatic rings. The van der Waals surface area contributed by atoms with E-state index in [1.807, 2.05) is 39.8 Å². The van der Waals surface area contributed by atoms with Crippen LogP contribution in [0.5, 0.6) is 11.6 Å². The summed E-state index contributed by atoms with van der Waals surface area (Å²) in [5.41, 5.74) is 1.76. The summed E-state index contributed by atoms with van der Waals surface area (Å²) in [5, 5.41) is 3.00. The zero-order chi connectivity index (χ0) is 18.0. The third kappa shape index (κ3) is 3.49. The van der Waals surface area contributed by atoms with Crippen molar-refractivity contribution < 1.29 is 9.53 Å². The number of aryl methyl sites for hydroxylation is 2. The molecule has 3 rings (SSSR count). The van der Waals surface area contributed by atoms with Gasteiger partial charge in [-0.3, -0.25) is 4.79 Å². The zero-order valence-electron chi connectivity index (χ0n) is 14.9. The Balaban J connectivity index is 1.87. The predicted octanol–water partition coefficient (Wildman–Crippen LogP) is 4.58. The molecule has 0 saturated carbocycles. The van der Waals surface area contributed by atoms with Crippen molar-refractivity contribution >= 4 is 27.5 Å². The lowest BCUT2D eigenvalue weighted by molar-refractivity contribution is 0.0773. The highest BCUT2D eigenvalue weighted by Crippen LogP contribution is 2.33. The minimum atomic E-state index is 0.0329. The van der Waals surface area contributed by atoms with E-state index in [1.54, 1.807) is 28.4 Å². The first-order valence-corrected chi connectivity index (χ1v) is 9.21. The summed E-state index contributed by atoms with van der Waals surface area (Å²) in [7, 11) is 0. The fraction of sp³-hybridized carbons (Fsp3) is 0.316. The van der Waals surface area contributed by atoms with Gasteiger partial charge in [-0.1, -0.05) is 0 Å². The molecule has 0 N–H and O–H groups in total. The number of fused-ring (bicyclic) bond motifs is 1. The smallest absolute Gasteiger partial charge is 0.253 e. The van der Waals surface area contributed by atoms with Gasteiger partial charge in [0.15, 0.2) is 0 Å². The van der Waals surface area contributed by atoms with Crippen LogP contribution in [0.4, 0.5) is 0 Å². The van der Waals surface area contributed by atoms with Gasteiger partial charge < -0.3 is 9.64 Å². The van der Waals surface area contributed by atoms with E-state index < -0.39 is 0 Å². The summed E-state index contributed by atoms with van der Waals surface area (Å²) in [5.74, 6) is 1.92. The average Bonchev–Trinajstić information content (AvgIpc) is 2.97. The van der Waals surface area contributed by atoms with Crippen LogP contribution in [-0.4, -0.2) is 33.9 Å². The number of carbonyl (C=O) groups is 1. The molecule has 2 aromatic heterocycles. The number of hydrogen-bond donors (Lipinski definition) is 0. The summed E-state index contributed by atoms with van der Waals surface area (Å²) in [6.45, 7) is 9.23. The lowest BCUT2D eigenvalue weighted by Crippen LogP contribution is -2.30. The largest absolute Gasteiger partial charge is 0.438 e. The Morgan fingerprint density at radius 1 is 1.12 bits per heavy atom. The van der Waals surface area contributed by atoms with Crippen molar-refractivity contribution in [3.63, 3.8) is 0 Å². The normalized spacial score (nSPS) is 10.9. The van der Waals surface area contributed by atoms with Crippen molar-refractivity contribution in [2.75, 3.05) is 13.1 Å². The van der Waals surface area contributed by atoms with Crippen molar-refractivity contribution in [1.82, 2.24) is 14.9 Å². The number of ether oxygens (including phenoxy) is 1. The molecule has 0 spiro atoms. The number of carbonyl (C=O) groups excluding carboxylic acids is 1. The molecule has 5 nitrogen and oxygen atoms in total. The molecule has 0 bridgehead atoms. The van der Waals surface area contributed by atoms with E-state index >= 15 is 0 Å². The van der Waals surface area contributed by atoms with Crippen LogP contribution >= 0.6 is 11.3 Å². The second kappa shape index (κ2) is 7.19. The first-order chi connectivity index (χ1) is 12.0. The standard InChI is InChI=1S/C19H21N3O2S/c1-5-22(6-2)19(23)14-7-9-15(10-8-14)24-17-16-12(3)11-25-18(16)21-13(4)20-17/h7-11H,5-6H2,1-4H3. The molecule has 0 aliphatic heterocycles. The second-order valence-corrected chi connectivity index (χ2v) is 6.64. The monoisotopic (exact) mass is 355 g/mol. The minimum absolute atomic E-state index is 0.0329.